The summed E-state index contributed by atoms with van der Waals surface area (Å²) in [7, 11) is -7.48. The van der Waals surface area contributed by atoms with Gasteiger partial charge in [0.2, 0.25) is 9.84 Å². The van der Waals surface area contributed by atoms with E-state index in [0.717, 1.165) is 30.4 Å². The monoisotopic (exact) mass is 518 g/mol. The number of hydrogen-bond acceptors (Lipinski definition) is 3. The van der Waals surface area contributed by atoms with Crippen molar-refractivity contribution >= 4 is 27.6 Å². The second kappa shape index (κ2) is 10.4. The van der Waals surface area contributed by atoms with Gasteiger partial charge in [0.25, 0.3) is 0 Å². The Balaban J connectivity index is 1.94. The van der Waals surface area contributed by atoms with Crippen molar-refractivity contribution in [3.05, 3.63) is 113 Å². The Bertz CT molecular complexity index is 1360. The summed E-state index contributed by atoms with van der Waals surface area (Å²) in [5.41, 5.74) is 1.82. The van der Waals surface area contributed by atoms with Crippen LogP contribution in [-0.2, 0) is 19.8 Å². The molecule has 0 bridgehead atoms. The Morgan fingerprint density at radius 3 is 1.67 bits per heavy atom. The van der Waals surface area contributed by atoms with Gasteiger partial charge in [-0.15, -0.1) is 0 Å². The van der Waals surface area contributed by atoms with Crippen molar-refractivity contribution in [3.8, 4) is 0 Å². The molecule has 4 rings (SSSR count). The number of benzene rings is 3. The second-order valence-electron chi connectivity index (χ2n) is 10.5. The summed E-state index contributed by atoms with van der Waals surface area (Å²) < 4.78 is 43.7. The molecule has 0 N–H and O–H groups in total. The largest absolute Gasteiger partial charge is 0.309 e. The van der Waals surface area contributed by atoms with Crippen LogP contribution in [0.4, 0.5) is 0 Å². The summed E-state index contributed by atoms with van der Waals surface area (Å²) >= 11 is 0. The van der Waals surface area contributed by atoms with Crippen molar-refractivity contribution in [2.24, 2.45) is 0 Å². The Kier molecular flexibility index (Phi) is 7.59. The van der Waals surface area contributed by atoms with Crippen LogP contribution in [0.3, 0.4) is 0 Å². The molecule has 0 atom stereocenters. The number of sulfone groups is 1. The van der Waals surface area contributed by atoms with Crippen LogP contribution in [0.1, 0.15) is 58.4 Å². The molecule has 0 spiro atoms. The average molecular weight is 519 g/mol. The predicted molar refractivity (Wildman–Crippen MR) is 151 cm³/mol. The molecule has 1 fully saturated rings. The van der Waals surface area contributed by atoms with Gasteiger partial charge in [-0.05, 0) is 48.8 Å². The Hall–Kier alpha value is -2.68. The highest BCUT2D eigenvalue weighted by Crippen LogP contribution is 2.56. The lowest BCUT2D eigenvalue weighted by molar-refractivity contribution is 0.581. The van der Waals surface area contributed by atoms with Crippen molar-refractivity contribution < 1.29 is 13.0 Å². The van der Waals surface area contributed by atoms with Crippen molar-refractivity contribution in [1.82, 2.24) is 0 Å². The highest BCUT2D eigenvalue weighted by atomic mass is 32.2. The minimum absolute atomic E-state index is 0.0904. The fraction of sp³-hybridized carbons (Fsp3) is 0.290. The molecule has 1 aliphatic carbocycles. The lowest BCUT2D eigenvalue weighted by atomic mass is 9.87. The van der Waals surface area contributed by atoms with Crippen LogP contribution in [0.25, 0.3) is 0 Å². The molecule has 188 valence electrons. The van der Waals surface area contributed by atoms with E-state index in [-0.39, 0.29) is 20.5 Å². The zero-order chi connectivity index (χ0) is 26.0. The molecule has 1 saturated carbocycles. The molecule has 0 heterocycles. The average Bonchev–Trinajstić information content (AvgIpc) is 2.89. The Morgan fingerprint density at radius 1 is 0.750 bits per heavy atom. The Morgan fingerprint density at radius 2 is 1.22 bits per heavy atom. The third-order valence-corrected chi connectivity index (χ3v) is 12.1. The van der Waals surface area contributed by atoms with Crippen LogP contribution >= 0.6 is 7.14 Å². The maximum Gasteiger partial charge on any atom is 0.207 e. The van der Waals surface area contributed by atoms with E-state index in [1.807, 2.05) is 72.8 Å². The lowest BCUT2D eigenvalue weighted by Crippen LogP contribution is -2.21. The third-order valence-electron chi connectivity index (χ3n) is 6.96. The third kappa shape index (κ3) is 5.08. The van der Waals surface area contributed by atoms with Crippen LogP contribution < -0.4 is 10.6 Å². The quantitative estimate of drug-likeness (QED) is 0.318. The van der Waals surface area contributed by atoms with Crippen molar-refractivity contribution in [2.45, 2.75) is 63.2 Å². The van der Waals surface area contributed by atoms with Crippen LogP contribution in [0, 0.1) is 0 Å². The lowest BCUT2D eigenvalue weighted by Gasteiger charge is -2.27. The first-order valence-electron chi connectivity index (χ1n) is 12.5. The minimum Gasteiger partial charge on any atom is -0.309 e. The molecule has 1 aliphatic rings. The number of rotatable bonds is 6. The summed E-state index contributed by atoms with van der Waals surface area (Å²) in [6.07, 6.45) is 4.27. The van der Waals surface area contributed by atoms with Gasteiger partial charge in [-0.1, -0.05) is 112 Å². The van der Waals surface area contributed by atoms with E-state index in [1.165, 1.54) is 0 Å². The van der Waals surface area contributed by atoms with Gasteiger partial charge in [-0.3, -0.25) is 0 Å². The van der Waals surface area contributed by atoms with Crippen molar-refractivity contribution in [1.29, 1.82) is 0 Å². The molecular formula is C31H35O3PS. The predicted octanol–water partition coefficient (Wildman–Crippen LogP) is 7.50. The van der Waals surface area contributed by atoms with Crippen LogP contribution in [0.5, 0.6) is 0 Å². The summed E-state index contributed by atoms with van der Waals surface area (Å²) in [6.45, 7) is 10.6. The molecule has 3 aromatic rings. The molecular weight excluding hydrogens is 483 g/mol. The van der Waals surface area contributed by atoms with Gasteiger partial charge < -0.3 is 4.57 Å². The van der Waals surface area contributed by atoms with Gasteiger partial charge in [-0.25, -0.2) is 8.42 Å². The molecule has 0 unspecified atom stereocenters. The van der Waals surface area contributed by atoms with Crippen molar-refractivity contribution in [2.75, 3.05) is 0 Å². The molecule has 0 aliphatic heterocycles. The molecule has 3 nitrogen and oxygen atoms in total. The highest BCUT2D eigenvalue weighted by molar-refractivity contribution is 7.97. The SMILES string of the molecule is C=C(C(=C1CCCCC1)S(=O)(=O)c1ccc(C(C)(C)C)cc1)P(=O)(c1ccccc1)c1ccccc1. The van der Waals surface area contributed by atoms with Gasteiger partial charge in [0.1, 0.15) is 0 Å². The summed E-state index contributed by atoms with van der Waals surface area (Å²) in [5, 5.41) is 1.39. The van der Waals surface area contributed by atoms with E-state index >= 15 is 4.57 Å². The first kappa shape index (κ1) is 26.4. The maximum absolute atomic E-state index is 15.1. The topological polar surface area (TPSA) is 51.2 Å². The first-order valence-corrected chi connectivity index (χ1v) is 15.7. The fourth-order valence-corrected chi connectivity index (χ4v) is 9.81. The summed E-state index contributed by atoms with van der Waals surface area (Å²) in [4.78, 5) is 0.388. The van der Waals surface area contributed by atoms with E-state index < -0.39 is 17.0 Å². The van der Waals surface area contributed by atoms with Gasteiger partial charge in [0.15, 0.2) is 7.14 Å². The van der Waals surface area contributed by atoms with E-state index in [1.54, 1.807) is 12.1 Å². The second-order valence-corrected chi connectivity index (χ2v) is 15.2. The Labute approximate surface area is 216 Å². The number of allylic oxidation sites excluding steroid dienone is 2. The molecule has 0 saturated heterocycles. The van der Waals surface area contributed by atoms with Crippen LogP contribution in [0.15, 0.2) is 112 Å². The zero-order valence-corrected chi connectivity index (χ0v) is 23.1. The molecule has 0 amide bonds. The first-order chi connectivity index (χ1) is 17.1. The van der Waals surface area contributed by atoms with Crippen molar-refractivity contribution in [3.63, 3.8) is 0 Å². The molecule has 0 aromatic heterocycles. The minimum atomic E-state index is -3.95. The smallest absolute Gasteiger partial charge is 0.207 e. The van der Waals surface area contributed by atoms with Gasteiger partial charge in [0, 0.05) is 15.9 Å². The van der Waals surface area contributed by atoms with Crippen LogP contribution in [0.2, 0.25) is 0 Å². The normalized spacial score (nSPS) is 14.9. The highest BCUT2D eigenvalue weighted by Gasteiger charge is 2.39. The molecule has 3 aromatic carbocycles. The van der Waals surface area contributed by atoms with E-state index in [0.29, 0.717) is 23.5 Å². The van der Waals surface area contributed by atoms with E-state index in [4.69, 9.17) is 0 Å². The van der Waals surface area contributed by atoms with Gasteiger partial charge >= 0.3 is 0 Å². The fourth-order valence-electron chi connectivity index (χ4n) is 4.89. The zero-order valence-electron chi connectivity index (χ0n) is 21.4. The molecule has 5 heteroatoms. The van der Waals surface area contributed by atoms with E-state index in [2.05, 4.69) is 27.4 Å². The van der Waals surface area contributed by atoms with Gasteiger partial charge in [-0.2, -0.15) is 0 Å². The number of hydrogen-bond donors (Lipinski definition) is 0. The van der Waals surface area contributed by atoms with E-state index in [9.17, 15) is 8.42 Å². The molecule has 36 heavy (non-hydrogen) atoms. The maximum atomic E-state index is 15.1. The summed E-state index contributed by atoms with van der Waals surface area (Å²) in [6, 6.07) is 25.5. The van der Waals surface area contributed by atoms with Gasteiger partial charge in [0.05, 0.1) is 9.80 Å². The summed E-state index contributed by atoms with van der Waals surface area (Å²) in [5.74, 6) is 0. The molecule has 0 radical (unpaired) electrons. The standard InChI is InChI=1S/C31H35O3PS/c1-24(35(32,27-16-10-6-11-17-27)28-18-12-7-13-19-28)30(25-14-8-5-9-15-25)36(33,34)29-22-20-26(21-23-29)31(2,3)4/h6-7,10-13,16-23H,1,5,8-9,14-15H2,2-4H3. The van der Waals surface area contributed by atoms with Crippen LogP contribution in [-0.4, -0.2) is 8.42 Å².